The van der Waals surface area contributed by atoms with Crippen LogP contribution in [0.25, 0.3) is 0 Å². The van der Waals surface area contributed by atoms with Crippen molar-refractivity contribution in [1.82, 2.24) is 10.0 Å². The van der Waals surface area contributed by atoms with E-state index in [-0.39, 0.29) is 28.5 Å². The summed E-state index contributed by atoms with van der Waals surface area (Å²) >= 11 is 0. The molecule has 31 heavy (non-hydrogen) atoms. The van der Waals surface area contributed by atoms with E-state index >= 15 is 0 Å². The quantitative estimate of drug-likeness (QED) is 0.593. The summed E-state index contributed by atoms with van der Waals surface area (Å²) in [7, 11) is -3.60. The van der Waals surface area contributed by atoms with Crippen molar-refractivity contribution in [3.63, 3.8) is 0 Å². The van der Waals surface area contributed by atoms with Crippen molar-refractivity contribution in [2.45, 2.75) is 76.2 Å². The highest BCUT2D eigenvalue weighted by molar-refractivity contribution is 7.89. The molecular formula is C23H35N3O4S. The zero-order valence-electron chi connectivity index (χ0n) is 18.5. The Labute approximate surface area is 185 Å². The highest BCUT2D eigenvalue weighted by atomic mass is 32.2. The summed E-state index contributed by atoms with van der Waals surface area (Å²) in [6, 6.07) is 6.44. The van der Waals surface area contributed by atoms with Crippen molar-refractivity contribution in [2.24, 2.45) is 17.8 Å². The number of benzene rings is 1. The van der Waals surface area contributed by atoms with Crippen molar-refractivity contribution in [2.75, 3.05) is 11.9 Å². The standard InChI is InChI=1S/C23H35N3O4S/c1-16-5-3-4-6-22(16)26-23(28)19-9-7-18(8-10-19)15-24-31(29,30)21-13-11-20(12-14-21)25-17(2)27/h11-14,16,18-19,22,24H,3-10,15H2,1-2H3,(H,25,27)(H,26,28). The summed E-state index contributed by atoms with van der Waals surface area (Å²) in [6.45, 7) is 4.01. The van der Waals surface area contributed by atoms with Crippen molar-refractivity contribution in [1.29, 1.82) is 0 Å². The predicted molar refractivity (Wildman–Crippen MR) is 121 cm³/mol. The van der Waals surface area contributed by atoms with Crippen molar-refractivity contribution in [3.05, 3.63) is 24.3 Å². The molecule has 0 heterocycles. The fraction of sp³-hybridized carbons (Fsp3) is 0.652. The van der Waals surface area contributed by atoms with Gasteiger partial charge in [-0.25, -0.2) is 13.1 Å². The third kappa shape index (κ3) is 6.77. The van der Waals surface area contributed by atoms with E-state index in [9.17, 15) is 18.0 Å². The van der Waals surface area contributed by atoms with Gasteiger partial charge in [0.05, 0.1) is 4.90 Å². The maximum Gasteiger partial charge on any atom is 0.240 e. The van der Waals surface area contributed by atoms with Gasteiger partial charge in [0.25, 0.3) is 0 Å². The number of carbonyl (C=O) groups excluding carboxylic acids is 2. The lowest BCUT2D eigenvalue weighted by Crippen LogP contribution is -2.44. The Bertz CT molecular complexity index is 861. The lowest BCUT2D eigenvalue weighted by atomic mass is 9.80. The molecule has 3 rings (SSSR count). The Balaban J connectivity index is 1.44. The molecule has 1 aromatic carbocycles. The molecule has 8 heteroatoms. The molecule has 2 fully saturated rings. The first kappa shape index (κ1) is 23.7. The number of anilines is 1. The summed E-state index contributed by atoms with van der Waals surface area (Å²) < 4.78 is 27.8. The molecule has 1 aromatic rings. The van der Waals surface area contributed by atoms with Gasteiger partial charge < -0.3 is 10.6 Å². The number of amides is 2. The Morgan fingerprint density at radius 2 is 1.61 bits per heavy atom. The van der Waals surface area contributed by atoms with E-state index in [2.05, 4.69) is 22.3 Å². The fourth-order valence-electron chi connectivity index (χ4n) is 4.69. The Kier molecular flexibility index (Phi) is 8.11. The average Bonchev–Trinajstić information content (AvgIpc) is 2.74. The minimum atomic E-state index is -3.60. The number of hydrogen-bond acceptors (Lipinski definition) is 4. The first-order chi connectivity index (χ1) is 14.7. The van der Waals surface area contributed by atoms with Crippen LogP contribution in [-0.2, 0) is 19.6 Å². The highest BCUT2D eigenvalue weighted by Gasteiger charge is 2.30. The molecule has 0 aromatic heterocycles. The monoisotopic (exact) mass is 449 g/mol. The highest BCUT2D eigenvalue weighted by Crippen LogP contribution is 2.30. The molecular weight excluding hydrogens is 414 g/mol. The third-order valence-electron chi connectivity index (χ3n) is 6.70. The summed E-state index contributed by atoms with van der Waals surface area (Å²) in [5, 5.41) is 5.89. The number of carbonyl (C=O) groups is 2. The Morgan fingerprint density at radius 1 is 0.968 bits per heavy atom. The largest absolute Gasteiger partial charge is 0.353 e. The zero-order chi connectivity index (χ0) is 22.4. The molecule has 2 amide bonds. The molecule has 0 saturated heterocycles. The number of sulfonamides is 1. The number of nitrogens with one attached hydrogen (secondary N) is 3. The molecule has 2 atom stereocenters. The van der Waals surface area contributed by atoms with Crippen LogP contribution in [0, 0.1) is 17.8 Å². The maximum atomic E-state index is 12.7. The smallest absolute Gasteiger partial charge is 0.240 e. The molecule has 0 radical (unpaired) electrons. The van der Waals surface area contributed by atoms with Crippen LogP contribution >= 0.6 is 0 Å². The molecule has 3 N–H and O–H groups in total. The maximum absolute atomic E-state index is 12.7. The molecule has 0 bridgehead atoms. The van der Waals surface area contributed by atoms with E-state index in [1.165, 1.54) is 38.3 Å². The topological polar surface area (TPSA) is 104 Å². The zero-order valence-corrected chi connectivity index (χ0v) is 19.3. The van der Waals surface area contributed by atoms with Gasteiger partial charge in [-0.3, -0.25) is 9.59 Å². The van der Waals surface area contributed by atoms with Gasteiger partial charge in [0.15, 0.2) is 0 Å². The van der Waals surface area contributed by atoms with Gasteiger partial charge in [-0.05, 0) is 74.6 Å². The molecule has 7 nitrogen and oxygen atoms in total. The fourth-order valence-corrected chi connectivity index (χ4v) is 5.81. The Hall–Kier alpha value is -1.93. The molecule has 0 aliphatic heterocycles. The van der Waals surface area contributed by atoms with E-state index in [0.29, 0.717) is 24.2 Å². The number of rotatable bonds is 7. The van der Waals surface area contributed by atoms with Crippen LogP contribution in [0.5, 0.6) is 0 Å². The second-order valence-corrected chi connectivity index (χ2v) is 10.9. The second-order valence-electron chi connectivity index (χ2n) is 9.15. The summed E-state index contributed by atoms with van der Waals surface area (Å²) in [5.74, 6) is 0.813. The van der Waals surface area contributed by atoms with Crippen LogP contribution in [0.3, 0.4) is 0 Å². The third-order valence-corrected chi connectivity index (χ3v) is 8.14. The molecule has 172 valence electrons. The molecule has 2 aliphatic rings. The lowest BCUT2D eigenvalue weighted by Gasteiger charge is -2.33. The van der Waals surface area contributed by atoms with Crippen molar-refractivity contribution in [3.8, 4) is 0 Å². The van der Waals surface area contributed by atoms with Crippen LogP contribution in [0.1, 0.15) is 65.2 Å². The first-order valence-electron chi connectivity index (χ1n) is 11.4. The van der Waals surface area contributed by atoms with Gasteiger partial charge in [-0.15, -0.1) is 0 Å². The molecule has 2 saturated carbocycles. The van der Waals surface area contributed by atoms with Gasteiger partial charge in [-0.1, -0.05) is 19.8 Å². The second kappa shape index (κ2) is 10.6. The summed E-state index contributed by atoms with van der Waals surface area (Å²) in [4.78, 5) is 23.9. The van der Waals surface area contributed by atoms with E-state index in [1.54, 1.807) is 12.1 Å². The predicted octanol–water partition coefficient (Wildman–Crippen LogP) is 3.42. The van der Waals surface area contributed by atoms with Gasteiger partial charge in [0, 0.05) is 31.1 Å². The van der Waals surface area contributed by atoms with Crippen molar-refractivity contribution < 1.29 is 18.0 Å². The van der Waals surface area contributed by atoms with Gasteiger partial charge >= 0.3 is 0 Å². The van der Waals surface area contributed by atoms with Gasteiger partial charge in [-0.2, -0.15) is 0 Å². The van der Waals surface area contributed by atoms with Gasteiger partial charge in [0.1, 0.15) is 0 Å². The molecule has 0 spiro atoms. The number of hydrogen-bond donors (Lipinski definition) is 3. The minimum Gasteiger partial charge on any atom is -0.353 e. The molecule has 2 aliphatic carbocycles. The van der Waals surface area contributed by atoms with Crippen molar-refractivity contribution >= 4 is 27.5 Å². The Morgan fingerprint density at radius 3 is 2.23 bits per heavy atom. The van der Waals surface area contributed by atoms with Crippen LogP contribution in [0.4, 0.5) is 5.69 Å². The van der Waals surface area contributed by atoms with E-state index in [0.717, 1.165) is 32.1 Å². The average molecular weight is 450 g/mol. The minimum absolute atomic E-state index is 0.0447. The van der Waals surface area contributed by atoms with E-state index in [1.807, 2.05) is 0 Å². The summed E-state index contributed by atoms with van der Waals surface area (Å²) in [6.07, 6.45) is 8.04. The van der Waals surface area contributed by atoms with E-state index < -0.39 is 10.0 Å². The van der Waals surface area contributed by atoms with Crippen LogP contribution in [0.15, 0.2) is 29.2 Å². The summed E-state index contributed by atoms with van der Waals surface area (Å²) in [5.41, 5.74) is 0.561. The lowest BCUT2D eigenvalue weighted by molar-refractivity contribution is -0.127. The van der Waals surface area contributed by atoms with Crippen LogP contribution in [-0.4, -0.2) is 32.8 Å². The molecule has 2 unspecified atom stereocenters. The van der Waals surface area contributed by atoms with Crippen LogP contribution in [0.2, 0.25) is 0 Å². The van der Waals surface area contributed by atoms with Crippen LogP contribution < -0.4 is 15.4 Å². The van der Waals surface area contributed by atoms with E-state index in [4.69, 9.17) is 0 Å². The normalized spacial score (nSPS) is 26.8. The van der Waals surface area contributed by atoms with Gasteiger partial charge in [0.2, 0.25) is 21.8 Å². The SMILES string of the molecule is CC(=O)Nc1ccc(S(=O)(=O)NCC2CCC(C(=O)NC3CCCCC3C)CC2)cc1. The first-order valence-corrected chi connectivity index (χ1v) is 12.9.